The quantitative estimate of drug-likeness (QED) is 0.908. The number of para-hydroxylation sites is 1. The summed E-state index contributed by atoms with van der Waals surface area (Å²) >= 11 is 7.62. The molecule has 2 aromatic carbocycles. The summed E-state index contributed by atoms with van der Waals surface area (Å²) in [6.07, 6.45) is 1.90. The van der Waals surface area contributed by atoms with E-state index in [-0.39, 0.29) is 11.2 Å². The molecule has 0 saturated carbocycles. The second-order valence-corrected chi connectivity index (χ2v) is 5.70. The van der Waals surface area contributed by atoms with E-state index in [4.69, 9.17) is 16.3 Å². The van der Waals surface area contributed by atoms with Gasteiger partial charge in [-0.3, -0.25) is 4.79 Å². The molecular formula is C15H12ClNO2S. The minimum Gasteiger partial charge on any atom is -0.457 e. The summed E-state index contributed by atoms with van der Waals surface area (Å²) in [6.45, 7) is 0. The molecule has 3 rings (SSSR count). The van der Waals surface area contributed by atoms with Crippen LogP contribution in [0.4, 0.5) is 5.69 Å². The maximum atomic E-state index is 12.0. The molecule has 0 radical (unpaired) electrons. The lowest BCUT2D eigenvalue weighted by atomic mass is 10.1. The largest absolute Gasteiger partial charge is 0.457 e. The molecule has 0 saturated heterocycles. The first kappa shape index (κ1) is 13.3. The highest BCUT2D eigenvalue weighted by Crippen LogP contribution is 2.48. The first-order valence-electron chi connectivity index (χ1n) is 6.09. The number of benzene rings is 2. The molecule has 102 valence electrons. The van der Waals surface area contributed by atoms with Gasteiger partial charge in [-0.25, -0.2) is 0 Å². The molecule has 0 bridgehead atoms. The van der Waals surface area contributed by atoms with Crippen LogP contribution in [0.1, 0.15) is 10.8 Å². The average Bonchev–Trinajstić information content (AvgIpc) is 2.81. The number of amides is 1. The van der Waals surface area contributed by atoms with E-state index in [2.05, 4.69) is 5.32 Å². The van der Waals surface area contributed by atoms with Gasteiger partial charge in [0.25, 0.3) is 0 Å². The summed E-state index contributed by atoms with van der Waals surface area (Å²) in [5.74, 6) is 1.34. The molecular weight excluding hydrogens is 294 g/mol. The molecule has 20 heavy (non-hydrogen) atoms. The molecule has 0 aromatic heterocycles. The van der Waals surface area contributed by atoms with Crippen LogP contribution in [-0.4, -0.2) is 12.2 Å². The second-order valence-electron chi connectivity index (χ2n) is 4.35. The van der Waals surface area contributed by atoms with Gasteiger partial charge in [-0.2, -0.15) is 0 Å². The van der Waals surface area contributed by atoms with Crippen molar-refractivity contribution in [3.8, 4) is 11.5 Å². The minimum absolute atomic E-state index is 0.0569. The van der Waals surface area contributed by atoms with Crippen molar-refractivity contribution in [3.63, 3.8) is 0 Å². The van der Waals surface area contributed by atoms with Gasteiger partial charge in [0.1, 0.15) is 16.7 Å². The summed E-state index contributed by atoms with van der Waals surface area (Å²) in [5.41, 5.74) is 1.48. The van der Waals surface area contributed by atoms with Crippen LogP contribution >= 0.6 is 23.4 Å². The van der Waals surface area contributed by atoms with Gasteiger partial charge in [0.05, 0.1) is 10.7 Å². The zero-order chi connectivity index (χ0) is 14.1. The molecule has 1 aliphatic heterocycles. The van der Waals surface area contributed by atoms with E-state index >= 15 is 0 Å². The van der Waals surface area contributed by atoms with Crippen molar-refractivity contribution in [1.29, 1.82) is 0 Å². The lowest BCUT2D eigenvalue weighted by Gasteiger charge is -2.13. The molecule has 1 atom stereocenters. The second kappa shape index (κ2) is 5.38. The van der Waals surface area contributed by atoms with Gasteiger partial charge >= 0.3 is 0 Å². The Morgan fingerprint density at radius 1 is 1.20 bits per heavy atom. The predicted molar refractivity (Wildman–Crippen MR) is 82.9 cm³/mol. The number of nitrogens with one attached hydrogen (secondary N) is 1. The van der Waals surface area contributed by atoms with Gasteiger partial charge in [0.2, 0.25) is 5.91 Å². The van der Waals surface area contributed by atoms with Gasteiger partial charge in [-0.05, 0) is 30.5 Å². The number of rotatable bonds is 3. The fraction of sp³-hybridized carbons (Fsp3) is 0.133. The Morgan fingerprint density at radius 3 is 2.65 bits per heavy atom. The van der Waals surface area contributed by atoms with Crippen molar-refractivity contribution < 1.29 is 9.53 Å². The van der Waals surface area contributed by atoms with Crippen molar-refractivity contribution in [3.05, 3.63) is 53.1 Å². The Kier molecular flexibility index (Phi) is 3.59. The Bertz CT molecular complexity index is 660. The van der Waals surface area contributed by atoms with Crippen LogP contribution in [0.5, 0.6) is 11.5 Å². The SMILES string of the molecule is CSC1C(=O)Nc2c(Cl)ccc(Oc3ccccc3)c21. The van der Waals surface area contributed by atoms with Crippen molar-refractivity contribution in [1.82, 2.24) is 0 Å². The Morgan fingerprint density at radius 2 is 1.95 bits per heavy atom. The van der Waals surface area contributed by atoms with E-state index in [0.717, 1.165) is 11.3 Å². The smallest absolute Gasteiger partial charge is 0.242 e. The Balaban J connectivity index is 2.06. The first-order valence-corrected chi connectivity index (χ1v) is 7.76. The number of thioether (sulfide) groups is 1. The highest BCUT2D eigenvalue weighted by atomic mass is 35.5. The van der Waals surface area contributed by atoms with Crippen molar-refractivity contribution in [2.24, 2.45) is 0 Å². The standard InChI is InChI=1S/C15H12ClNO2S/c1-20-14-12-11(19-9-5-3-2-4-6-9)8-7-10(16)13(12)17-15(14)18/h2-8,14H,1H3,(H,17,18). The summed E-state index contributed by atoms with van der Waals surface area (Å²) in [4.78, 5) is 12.0. The topological polar surface area (TPSA) is 38.3 Å². The van der Waals surface area contributed by atoms with Crippen LogP contribution in [0, 0.1) is 0 Å². The molecule has 1 aliphatic rings. The molecule has 5 heteroatoms. The van der Waals surface area contributed by atoms with E-state index in [1.807, 2.05) is 36.6 Å². The number of ether oxygens (including phenoxy) is 1. The molecule has 0 aliphatic carbocycles. The van der Waals surface area contributed by atoms with Crippen LogP contribution < -0.4 is 10.1 Å². The number of carbonyl (C=O) groups excluding carboxylic acids is 1. The van der Waals surface area contributed by atoms with E-state index in [9.17, 15) is 4.79 Å². The van der Waals surface area contributed by atoms with Gasteiger partial charge in [0.15, 0.2) is 0 Å². The molecule has 0 spiro atoms. The van der Waals surface area contributed by atoms with E-state index < -0.39 is 0 Å². The Labute approximate surface area is 126 Å². The summed E-state index contributed by atoms with van der Waals surface area (Å²) in [7, 11) is 0. The third kappa shape index (κ3) is 2.25. The summed E-state index contributed by atoms with van der Waals surface area (Å²) < 4.78 is 5.89. The molecule has 3 nitrogen and oxygen atoms in total. The van der Waals surface area contributed by atoms with E-state index in [0.29, 0.717) is 16.5 Å². The van der Waals surface area contributed by atoms with Crippen LogP contribution in [0.15, 0.2) is 42.5 Å². The van der Waals surface area contributed by atoms with Gasteiger partial charge in [0, 0.05) is 5.56 Å². The number of anilines is 1. The normalized spacial score (nSPS) is 16.7. The van der Waals surface area contributed by atoms with Crippen LogP contribution in [-0.2, 0) is 4.79 Å². The number of carbonyl (C=O) groups is 1. The molecule has 1 heterocycles. The predicted octanol–water partition coefficient (Wildman–Crippen LogP) is 4.49. The van der Waals surface area contributed by atoms with Gasteiger partial charge < -0.3 is 10.1 Å². The average molecular weight is 306 g/mol. The maximum Gasteiger partial charge on any atom is 0.242 e. The number of hydrogen-bond donors (Lipinski definition) is 1. The molecule has 0 fully saturated rings. The fourth-order valence-corrected chi connectivity index (χ4v) is 3.17. The van der Waals surface area contributed by atoms with Crippen molar-refractivity contribution in [2.75, 3.05) is 11.6 Å². The minimum atomic E-state index is -0.289. The zero-order valence-corrected chi connectivity index (χ0v) is 12.3. The first-order chi connectivity index (χ1) is 9.70. The lowest BCUT2D eigenvalue weighted by Crippen LogP contribution is -2.08. The number of hydrogen-bond acceptors (Lipinski definition) is 3. The van der Waals surface area contributed by atoms with Gasteiger partial charge in [-0.1, -0.05) is 29.8 Å². The number of fused-ring (bicyclic) bond motifs is 1. The summed E-state index contributed by atoms with van der Waals surface area (Å²) in [5, 5.41) is 3.06. The van der Waals surface area contributed by atoms with E-state index in [1.54, 1.807) is 12.1 Å². The molecule has 1 N–H and O–H groups in total. The number of halogens is 1. The zero-order valence-electron chi connectivity index (χ0n) is 10.7. The molecule has 1 amide bonds. The third-order valence-corrected chi connectivity index (χ3v) is 4.35. The maximum absolute atomic E-state index is 12.0. The van der Waals surface area contributed by atoms with Crippen molar-refractivity contribution >= 4 is 35.0 Å². The highest BCUT2D eigenvalue weighted by molar-refractivity contribution is 7.99. The van der Waals surface area contributed by atoms with Crippen LogP contribution in [0.25, 0.3) is 0 Å². The Hall–Kier alpha value is -1.65. The monoisotopic (exact) mass is 305 g/mol. The lowest BCUT2D eigenvalue weighted by molar-refractivity contribution is -0.115. The fourth-order valence-electron chi connectivity index (χ4n) is 2.21. The molecule has 2 aromatic rings. The highest BCUT2D eigenvalue weighted by Gasteiger charge is 2.34. The van der Waals surface area contributed by atoms with Gasteiger partial charge in [-0.15, -0.1) is 11.8 Å². The van der Waals surface area contributed by atoms with Crippen LogP contribution in [0.2, 0.25) is 5.02 Å². The van der Waals surface area contributed by atoms with Crippen molar-refractivity contribution in [2.45, 2.75) is 5.25 Å². The third-order valence-electron chi connectivity index (χ3n) is 3.11. The summed E-state index contributed by atoms with van der Waals surface area (Å²) in [6, 6.07) is 13.0. The molecule has 1 unspecified atom stereocenters. The van der Waals surface area contributed by atoms with E-state index in [1.165, 1.54) is 11.8 Å². The van der Waals surface area contributed by atoms with Crippen LogP contribution in [0.3, 0.4) is 0 Å².